The number of aliphatic hydroxyl groups excluding tert-OH is 5. The first-order valence-electron chi connectivity index (χ1n) is 12.0. The zero-order valence-corrected chi connectivity index (χ0v) is 21.8. The number of unbranched alkanes of at least 4 members (excludes halogenated alkanes) is 1. The van der Waals surface area contributed by atoms with Crippen LogP contribution >= 0.6 is 11.8 Å². The molecule has 0 unspecified atom stereocenters. The number of halogens is 1. The Labute approximate surface area is 221 Å². The highest BCUT2D eigenvalue weighted by molar-refractivity contribution is 7.99. The van der Waals surface area contributed by atoms with Crippen molar-refractivity contribution in [2.24, 2.45) is 0 Å². The summed E-state index contributed by atoms with van der Waals surface area (Å²) < 4.78 is 14.6. The number of benzene rings is 1. The predicted octanol–water partition coefficient (Wildman–Crippen LogP) is -0.568. The summed E-state index contributed by atoms with van der Waals surface area (Å²) in [5.74, 6) is 0.376. The minimum atomic E-state index is -1.81. The third-order valence-electron chi connectivity index (χ3n) is 5.91. The second kappa shape index (κ2) is 13.3. The van der Waals surface area contributed by atoms with Crippen LogP contribution in [0.2, 0.25) is 0 Å². The van der Waals surface area contributed by atoms with E-state index in [1.54, 1.807) is 0 Å². The third kappa shape index (κ3) is 6.95. The molecule has 1 aromatic carbocycles. The molecule has 0 aliphatic rings. The molecule has 208 valence electrons. The van der Waals surface area contributed by atoms with Gasteiger partial charge in [0.05, 0.1) is 19.3 Å². The van der Waals surface area contributed by atoms with Gasteiger partial charge in [-0.15, -0.1) is 0 Å². The van der Waals surface area contributed by atoms with Crippen LogP contribution in [-0.2, 0) is 6.54 Å². The smallest absolute Gasteiger partial charge is 0.318 e. The molecule has 14 heteroatoms. The number of rotatable bonds is 13. The first kappa shape index (κ1) is 29.7. The third-order valence-corrected chi connectivity index (χ3v) is 6.85. The number of aromatic nitrogens is 4. The van der Waals surface area contributed by atoms with Crippen molar-refractivity contribution in [3.63, 3.8) is 0 Å². The van der Waals surface area contributed by atoms with Gasteiger partial charge in [-0.05, 0) is 24.1 Å². The molecule has 0 radical (unpaired) electrons. The van der Waals surface area contributed by atoms with Crippen molar-refractivity contribution >= 4 is 28.7 Å². The second-order valence-electron chi connectivity index (χ2n) is 8.88. The zero-order valence-electron chi connectivity index (χ0n) is 21.0. The van der Waals surface area contributed by atoms with E-state index in [4.69, 9.17) is 5.11 Å². The van der Waals surface area contributed by atoms with Crippen LogP contribution < -0.4 is 16.0 Å². The normalized spacial score (nSPS) is 14.8. The Morgan fingerprint density at radius 3 is 2.37 bits per heavy atom. The number of aromatic amines is 1. The van der Waals surface area contributed by atoms with Crippen molar-refractivity contribution in [3.8, 4) is 0 Å². The summed E-state index contributed by atoms with van der Waals surface area (Å²) in [4.78, 5) is 38.4. The first-order valence-corrected chi connectivity index (χ1v) is 13.0. The van der Waals surface area contributed by atoms with E-state index in [1.807, 2.05) is 6.92 Å². The number of likely N-dealkylation sites (N-methyl/N-ethyl adjacent to an activating group) is 1. The van der Waals surface area contributed by atoms with Crippen molar-refractivity contribution < 1.29 is 29.9 Å². The van der Waals surface area contributed by atoms with Crippen LogP contribution in [0.1, 0.15) is 25.3 Å². The van der Waals surface area contributed by atoms with Gasteiger partial charge in [0.15, 0.2) is 16.6 Å². The van der Waals surface area contributed by atoms with E-state index in [2.05, 4.69) is 15.0 Å². The van der Waals surface area contributed by atoms with Gasteiger partial charge in [-0.3, -0.25) is 14.2 Å². The molecule has 6 N–H and O–H groups in total. The number of anilines is 1. The summed E-state index contributed by atoms with van der Waals surface area (Å²) in [6.45, 7) is 0.843. The molecule has 0 spiro atoms. The summed E-state index contributed by atoms with van der Waals surface area (Å²) in [7, 11) is 1.51. The first-order chi connectivity index (χ1) is 18.1. The number of hydrogen-bond acceptors (Lipinski definition) is 11. The van der Waals surface area contributed by atoms with Gasteiger partial charge in [-0.2, -0.15) is 0 Å². The largest absolute Gasteiger partial charge is 0.394 e. The average Bonchev–Trinajstić information content (AvgIpc) is 2.90. The molecule has 12 nitrogen and oxygen atoms in total. The van der Waals surface area contributed by atoms with Gasteiger partial charge in [0.25, 0.3) is 0 Å². The van der Waals surface area contributed by atoms with Gasteiger partial charge in [-0.1, -0.05) is 37.2 Å². The highest BCUT2D eigenvalue weighted by Crippen LogP contribution is 2.25. The number of H-pyrrole nitrogens is 1. The molecular weight excluding hydrogens is 521 g/mol. The highest BCUT2D eigenvalue weighted by Gasteiger charge is 2.31. The maximum Gasteiger partial charge on any atom is 0.318 e. The van der Waals surface area contributed by atoms with Crippen LogP contribution in [0.25, 0.3) is 11.2 Å². The zero-order chi connectivity index (χ0) is 28.0. The monoisotopic (exact) mass is 553 g/mol. The highest BCUT2D eigenvalue weighted by atomic mass is 32.2. The van der Waals surface area contributed by atoms with E-state index in [0.717, 1.165) is 17.4 Å². The quantitative estimate of drug-likeness (QED) is 0.0689. The molecule has 38 heavy (non-hydrogen) atoms. The Balaban J connectivity index is 2.08. The molecule has 0 bridgehead atoms. The molecule has 4 atom stereocenters. The standard InChI is InChI=1S/C24H32FN5O7S/c1-3-4-9-38-24-27-20(29(2)11-15(32)18(34)19(35)16(33)12-31)17-21(28-24)30(23(37)22(36)26-17)10-13-5-7-14(25)8-6-13/h5-8,15-16,18-19,31-35H,3-4,9-12H2,1-2H3,(H,26,36)/t15-,16+,18+,19+/m1/s1. The number of hydrogen-bond donors (Lipinski definition) is 6. The molecule has 0 saturated heterocycles. The SMILES string of the molecule is CCCCSc1nc(N(C)C[C@@H](O)[C@H](O)[C@@H](O)[C@@H](O)CO)c2[nH]c(=O)c(=O)n(Cc3ccc(F)cc3)c2n1. The molecule has 2 aromatic heterocycles. The second-order valence-corrected chi connectivity index (χ2v) is 9.94. The number of fused-ring (bicyclic) bond motifs is 1. The van der Waals surface area contributed by atoms with E-state index in [-0.39, 0.29) is 30.1 Å². The molecule has 0 amide bonds. The van der Waals surface area contributed by atoms with Crippen LogP contribution in [0.15, 0.2) is 39.0 Å². The summed E-state index contributed by atoms with van der Waals surface area (Å²) in [6, 6.07) is 5.46. The number of nitrogens with zero attached hydrogens (tertiary/aromatic N) is 4. The van der Waals surface area contributed by atoms with Gasteiger partial charge >= 0.3 is 11.1 Å². The van der Waals surface area contributed by atoms with Crippen molar-refractivity contribution in [2.75, 3.05) is 30.9 Å². The summed E-state index contributed by atoms with van der Waals surface area (Å²) in [6.07, 6.45) is -5.06. The summed E-state index contributed by atoms with van der Waals surface area (Å²) >= 11 is 1.34. The van der Waals surface area contributed by atoms with Crippen LogP contribution in [-0.4, -0.2) is 95.4 Å². The van der Waals surface area contributed by atoms with Crippen LogP contribution in [0.3, 0.4) is 0 Å². The van der Waals surface area contributed by atoms with Gasteiger partial charge in [0.2, 0.25) is 0 Å². The van der Waals surface area contributed by atoms with Gasteiger partial charge in [-0.25, -0.2) is 14.4 Å². The summed E-state index contributed by atoms with van der Waals surface area (Å²) in [5.41, 5.74) is -1.04. The molecule has 3 aromatic rings. The maximum absolute atomic E-state index is 13.4. The predicted molar refractivity (Wildman–Crippen MR) is 140 cm³/mol. The average molecular weight is 554 g/mol. The van der Waals surface area contributed by atoms with Gasteiger partial charge < -0.3 is 35.4 Å². The molecule has 3 rings (SSSR count). The number of aliphatic hydroxyl groups is 5. The number of nitrogens with one attached hydrogen (secondary N) is 1. The van der Waals surface area contributed by atoms with Gasteiger partial charge in [0, 0.05) is 19.3 Å². The molecule has 0 fully saturated rings. The minimum Gasteiger partial charge on any atom is -0.394 e. The van der Waals surface area contributed by atoms with Crippen LogP contribution in [0.4, 0.5) is 10.2 Å². The fourth-order valence-electron chi connectivity index (χ4n) is 3.72. The van der Waals surface area contributed by atoms with E-state index in [0.29, 0.717) is 16.5 Å². The molecule has 2 heterocycles. The lowest BCUT2D eigenvalue weighted by molar-refractivity contribution is -0.112. The molecule has 0 aliphatic heterocycles. The molecule has 0 saturated carbocycles. The van der Waals surface area contributed by atoms with E-state index >= 15 is 0 Å². The Bertz CT molecular complexity index is 1340. The lowest BCUT2D eigenvalue weighted by Gasteiger charge is -2.29. The van der Waals surface area contributed by atoms with Gasteiger partial charge in [0.1, 0.15) is 29.6 Å². The summed E-state index contributed by atoms with van der Waals surface area (Å²) in [5, 5.41) is 49.6. The fraction of sp³-hybridized carbons (Fsp3) is 0.500. The lowest BCUT2D eigenvalue weighted by atomic mass is 10.0. The van der Waals surface area contributed by atoms with E-state index in [1.165, 1.54) is 48.0 Å². The van der Waals surface area contributed by atoms with Crippen LogP contribution in [0, 0.1) is 5.82 Å². The van der Waals surface area contributed by atoms with Crippen molar-refractivity contribution in [1.82, 2.24) is 19.5 Å². The number of thioether (sulfide) groups is 1. The topological polar surface area (TPSA) is 185 Å². The van der Waals surface area contributed by atoms with Crippen molar-refractivity contribution in [2.45, 2.75) is 55.9 Å². The van der Waals surface area contributed by atoms with E-state index in [9.17, 15) is 34.4 Å². The fourth-order valence-corrected chi connectivity index (χ4v) is 4.63. The lowest BCUT2D eigenvalue weighted by Crippen LogP contribution is -2.49. The Morgan fingerprint density at radius 2 is 1.74 bits per heavy atom. The molecule has 0 aliphatic carbocycles. The Hall–Kier alpha value is -2.88. The molecular formula is C24H32FN5O7S. The van der Waals surface area contributed by atoms with Crippen LogP contribution in [0.5, 0.6) is 0 Å². The van der Waals surface area contributed by atoms with Crippen molar-refractivity contribution in [1.29, 1.82) is 0 Å². The Kier molecular flexibility index (Phi) is 10.4. The minimum absolute atomic E-state index is 0.0641. The van der Waals surface area contributed by atoms with Crippen molar-refractivity contribution in [3.05, 3.63) is 56.4 Å². The Morgan fingerprint density at radius 1 is 1.08 bits per heavy atom. The maximum atomic E-state index is 13.4. The van der Waals surface area contributed by atoms with E-state index < -0.39 is 48.0 Å².